The van der Waals surface area contributed by atoms with Gasteiger partial charge >= 0.3 is 5.97 Å². The van der Waals surface area contributed by atoms with Crippen LogP contribution >= 0.6 is 0 Å². The van der Waals surface area contributed by atoms with E-state index in [4.69, 9.17) is 9.52 Å². The van der Waals surface area contributed by atoms with Gasteiger partial charge in [0.05, 0.1) is 23.6 Å². The molecular weight excluding hydrogens is 384 g/mol. The number of carbonyl (C=O) groups excluding carboxylic acids is 2. The third-order valence-corrected chi connectivity index (χ3v) is 6.96. The van der Waals surface area contributed by atoms with Crippen LogP contribution in [0, 0.1) is 35.5 Å². The van der Waals surface area contributed by atoms with Crippen molar-refractivity contribution >= 4 is 24.0 Å². The first-order valence-corrected chi connectivity index (χ1v) is 10.1. The Hall–Kier alpha value is -3.48. The number of benzene rings is 1. The molecule has 0 unspecified atom stereocenters. The topological polar surface area (TPSA) is 100 Å². The van der Waals surface area contributed by atoms with E-state index in [0.29, 0.717) is 28.9 Å². The Morgan fingerprint density at radius 3 is 2.43 bits per heavy atom. The van der Waals surface area contributed by atoms with E-state index in [9.17, 15) is 14.4 Å². The summed E-state index contributed by atoms with van der Waals surface area (Å²) in [6.07, 6.45) is 6.75. The molecule has 2 bridgehead atoms. The third kappa shape index (κ3) is 2.38. The first kappa shape index (κ1) is 17.4. The fourth-order valence-corrected chi connectivity index (χ4v) is 5.55. The van der Waals surface area contributed by atoms with Gasteiger partial charge in [-0.3, -0.25) is 9.59 Å². The average molecular weight is 402 g/mol. The number of furan rings is 1. The summed E-state index contributed by atoms with van der Waals surface area (Å²) in [5.74, 6) is 0.292. The molecule has 3 fully saturated rings. The molecule has 1 aromatic heterocycles. The third-order valence-electron chi connectivity index (χ3n) is 6.96. The fourth-order valence-electron chi connectivity index (χ4n) is 5.55. The molecule has 0 spiro atoms. The van der Waals surface area contributed by atoms with Crippen molar-refractivity contribution < 1.29 is 23.9 Å². The molecule has 4 aliphatic carbocycles. The maximum absolute atomic E-state index is 12.9. The number of amides is 2. The van der Waals surface area contributed by atoms with Crippen LogP contribution in [0.3, 0.4) is 0 Å². The Morgan fingerprint density at radius 1 is 1.07 bits per heavy atom. The van der Waals surface area contributed by atoms with Crippen LogP contribution in [-0.4, -0.2) is 34.1 Å². The molecule has 2 aromatic rings. The highest BCUT2D eigenvalue weighted by Crippen LogP contribution is 2.65. The van der Waals surface area contributed by atoms with Gasteiger partial charge in [-0.15, -0.1) is 0 Å². The zero-order chi connectivity index (χ0) is 20.6. The van der Waals surface area contributed by atoms with E-state index in [1.54, 1.807) is 24.3 Å². The molecule has 1 aliphatic heterocycles. The number of hydrogen-bond donors (Lipinski definition) is 1. The van der Waals surface area contributed by atoms with E-state index in [1.165, 1.54) is 18.3 Å². The number of carboxylic acids is 1. The lowest BCUT2D eigenvalue weighted by Gasteiger charge is -2.37. The van der Waals surface area contributed by atoms with Gasteiger partial charge in [-0.1, -0.05) is 24.3 Å². The number of hydrazone groups is 1. The summed E-state index contributed by atoms with van der Waals surface area (Å²) in [6.45, 7) is 0. The van der Waals surface area contributed by atoms with E-state index < -0.39 is 5.97 Å². The SMILES string of the molecule is O=C(O)c1cccc(-c2ccc(/C=N/N3C(=O)[C@H]4[C@@H]5C=C[C@H]([C@H]6C[C@H]56)[C@@H]4C3=O)o2)c1. The molecule has 2 amide bonds. The minimum atomic E-state index is -1.01. The number of carboxylic acid groups (broad SMARTS) is 1. The molecule has 6 atom stereocenters. The second kappa shape index (κ2) is 6.01. The molecular formula is C23H18N2O5. The predicted octanol–water partition coefficient (Wildman–Crippen LogP) is 3.03. The summed E-state index contributed by atoms with van der Waals surface area (Å²) in [4.78, 5) is 37.0. The average Bonchev–Trinajstić information content (AvgIpc) is 3.39. The number of hydrogen-bond acceptors (Lipinski definition) is 5. The van der Waals surface area contributed by atoms with Crippen LogP contribution in [0.4, 0.5) is 0 Å². The quantitative estimate of drug-likeness (QED) is 0.481. The lowest BCUT2D eigenvalue weighted by Crippen LogP contribution is -2.40. The van der Waals surface area contributed by atoms with Gasteiger partial charge in [-0.25, -0.2) is 4.79 Å². The lowest BCUT2D eigenvalue weighted by atomic mass is 9.63. The molecule has 2 saturated carbocycles. The molecule has 1 saturated heterocycles. The number of allylic oxidation sites excluding steroid dienone is 2. The number of nitrogens with zero attached hydrogens (tertiary/aromatic N) is 2. The van der Waals surface area contributed by atoms with Crippen LogP contribution in [0.1, 0.15) is 22.5 Å². The summed E-state index contributed by atoms with van der Waals surface area (Å²) in [7, 11) is 0. The van der Waals surface area contributed by atoms with Crippen molar-refractivity contribution in [3.63, 3.8) is 0 Å². The van der Waals surface area contributed by atoms with Crippen molar-refractivity contribution in [2.75, 3.05) is 0 Å². The monoisotopic (exact) mass is 402 g/mol. The molecule has 1 aromatic carbocycles. The minimum absolute atomic E-state index is 0.163. The Bertz CT molecular complexity index is 1130. The molecule has 7 heteroatoms. The second-order valence-corrected chi connectivity index (χ2v) is 8.48. The predicted molar refractivity (Wildman–Crippen MR) is 105 cm³/mol. The summed E-state index contributed by atoms with van der Waals surface area (Å²) in [5.41, 5.74) is 0.784. The fraction of sp³-hybridized carbons (Fsp3) is 0.304. The van der Waals surface area contributed by atoms with E-state index in [-0.39, 0.29) is 41.0 Å². The number of imide groups is 1. The van der Waals surface area contributed by atoms with Crippen LogP contribution in [-0.2, 0) is 9.59 Å². The Balaban J connectivity index is 1.24. The molecule has 2 heterocycles. The van der Waals surface area contributed by atoms with Gasteiger partial charge in [0.25, 0.3) is 11.8 Å². The minimum Gasteiger partial charge on any atom is -0.478 e. The highest BCUT2D eigenvalue weighted by Gasteiger charge is 2.67. The molecule has 7 rings (SSSR count). The van der Waals surface area contributed by atoms with Gasteiger partial charge in [-0.05, 0) is 54.4 Å². The van der Waals surface area contributed by atoms with Crippen molar-refractivity contribution in [1.82, 2.24) is 5.01 Å². The normalized spacial score (nSPS) is 33.3. The zero-order valence-electron chi connectivity index (χ0n) is 15.8. The molecule has 0 radical (unpaired) electrons. The molecule has 7 nitrogen and oxygen atoms in total. The molecule has 150 valence electrons. The van der Waals surface area contributed by atoms with Crippen molar-refractivity contribution in [3.05, 3.63) is 59.9 Å². The summed E-state index contributed by atoms with van der Waals surface area (Å²) < 4.78 is 5.73. The Labute approximate surface area is 171 Å². The van der Waals surface area contributed by atoms with Crippen molar-refractivity contribution in [2.45, 2.75) is 6.42 Å². The van der Waals surface area contributed by atoms with Crippen LogP contribution in [0.5, 0.6) is 0 Å². The summed E-state index contributed by atoms with van der Waals surface area (Å²) in [5, 5.41) is 14.3. The van der Waals surface area contributed by atoms with Gasteiger partial charge in [0.15, 0.2) is 0 Å². The van der Waals surface area contributed by atoms with E-state index >= 15 is 0 Å². The van der Waals surface area contributed by atoms with Gasteiger partial charge in [0.2, 0.25) is 0 Å². The molecule has 5 aliphatic rings. The highest BCUT2D eigenvalue weighted by atomic mass is 16.4. The lowest BCUT2D eigenvalue weighted by molar-refractivity contribution is -0.140. The number of aromatic carboxylic acids is 1. The van der Waals surface area contributed by atoms with Gasteiger partial charge < -0.3 is 9.52 Å². The van der Waals surface area contributed by atoms with Crippen molar-refractivity contribution in [1.29, 1.82) is 0 Å². The molecule has 1 N–H and O–H groups in total. The van der Waals surface area contributed by atoms with Gasteiger partial charge in [-0.2, -0.15) is 10.1 Å². The van der Waals surface area contributed by atoms with Crippen molar-refractivity contribution in [2.24, 2.45) is 40.6 Å². The molecule has 30 heavy (non-hydrogen) atoms. The van der Waals surface area contributed by atoms with Crippen molar-refractivity contribution in [3.8, 4) is 11.3 Å². The van der Waals surface area contributed by atoms with Crippen LogP contribution in [0.2, 0.25) is 0 Å². The summed E-state index contributed by atoms with van der Waals surface area (Å²) in [6, 6.07) is 9.80. The van der Waals surface area contributed by atoms with Crippen LogP contribution in [0.25, 0.3) is 11.3 Å². The van der Waals surface area contributed by atoms with Crippen LogP contribution < -0.4 is 0 Å². The van der Waals surface area contributed by atoms with Crippen LogP contribution in [0.15, 0.2) is 58.1 Å². The largest absolute Gasteiger partial charge is 0.478 e. The maximum Gasteiger partial charge on any atom is 0.335 e. The number of carbonyl (C=O) groups is 3. The Morgan fingerprint density at radius 2 is 1.77 bits per heavy atom. The highest BCUT2D eigenvalue weighted by molar-refractivity contribution is 6.06. The number of rotatable bonds is 4. The first-order chi connectivity index (χ1) is 14.5. The van der Waals surface area contributed by atoms with Gasteiger partial charge in [0.1, 0.15) is 11.5 Å². The first-order valence-electron chi connectivity index (χ1n) is 10.1. The van der Waals surface area contributed by atoms with Gasteiger partial charge in [0, 0.05) is 5.56 Å². The maximum atomic E-state index is 12.9. The summed E-state index contributed by atoms with van der Waals surface area (Å²) >= 11 is 0. The van der Waals surface area contributed by atoms with E-state index in [2.05, 4.69) is 17.3 Å². The smallest absolute Gasteiger partial charge is 0.335 e. The zero-order valence-corrected chi connectivity index (χ0v) is 15.8. The Kier molecular flexibility index (Phi) is 3.48. The standard InChI is InChI=1S/C23H18N2O5/c26-21-19-14-5-6-15(17-9-16(14)17)20(19)22(27)25(21)24-10-13-4-7-18(30-13)11-2-1-3-12(8-11)23(28)29/h1-8,10,14-17,19-20H,9H2,(H,28,29)/b24-10+/t14-,15-,16-,17-,19+,20+/m1/s1. The van der Waals surface area contributed by atoms with E-state index in [1.807, 2.05) is 0 Å². The van der Waals surface area contributed by atoms with E-state index in [0.717, 1.165) is 11.4 Å². The second-order valence-electron chi connectivity index (χ2n) is 8.48.